The molecule has 0 aliphatic heterocycles. The van der Waals surface area contributed by atoms with Crippen LogP contribution in [0.3, 0.4) is 0 Å². The normalized spacial score (nSPS) is 12.3. The Morgan fingerprint density at radius 3 is 2.33 bits per heavy atom. The molecule has 1 rings (SSSR count). The van der Waals surface area contributed by atoms with Crippen molar-refractivity contribution in [3.05, 3.63) is 34.4 Å². The second kappa shape index (κ2) is 6.58. The summed E-state index contributed by atoms with van der Waals surface area (Å²) in [5.74, 6) is -0.232. The summed E-state index contributed by atoms with van der Waals surface area (Å²) in [6.07, 6.45) is 3.01. The maximum Gasteiger partial charge on any atom is 0.313 e. The molecule has 0 fully saturated rings. The minimum Gasteiger partial charge on any atom is -0.469 e. The maximum absolute atomic E-state index is 11.9. The third kappa shape index (κ3) is 3.34. The van der Waals surface area contributed by atoms with Gasteiger partial charge in [-0.25, -0.2) is 0 Å². The largest absolute Gasteiger partial charge is 0.469 e. The molecular weight excluding hydrogens is 224 g/mol. The van der Waals surface area contributed by atoms with E-state index >= 15 is 0 Å². The van der Waals surface area contributed by atoms with Gasteiger partial charge in [0, 0.05) is 0 Å². The average Bonchev–Trinajstić information content (AvgIpc) is 2.35. The van der Waals surface area contributed by atoms with Crippen molar-refractivity contribution in [2.75, 3.05) is 7.11 Å². The Hall–Kier alpha value is -1.31. The molecule has 100 valence electrons. The van der Waals surface area contributed by atoms with E-state index in [1.54, 1.807) is 0 Å². The van der Waals surface area contributed by atoms with Gasteiger partial charge in [0.1, 0.15) is 0 Å². The number of hydrogen-bond acceptors (Lipinski definition) is 2. The topological polar surface area (TPSA) is 26.3 Å². The van der Waals surface area contributed by atoms with Crippen LogP contribution < -0.4 is 0 Å². The van der Waals surface area contributed by atoms with Gasteiger partial charge >= 0.3 is 5.97 Å². The van der Waals surface area contributed by atoms with Gasteiger partial charge in [0.05, 0.1) is 13.0 Å². The van der Waals surface area contributed by atoms with Gasteiger partial charge in [0.25, 0.3) is 0 Å². The quantitative estimate of drug-likeness (QED) is 0.734. The SMILES string of the molecule is CCCCC(C(=O)OC)c1cc(C)c(C)cc1C. The Bertz CT molecular complexity index is 421. The molecule has 0 aliphatic carbocycles. The van der Waals surface area contributed by atoms with Crippen LogP contribution in [0.5, 0.6) is 0 Å². The van der Waals surface area contributed by atoms with Gasteiger partial charge in [0.2, 0.25) is 0 Å². The first kappa shape index (κ1) is 14.7. The van der Waals surface area contributed by atoms with Crippen molar-refractivity contribution >= 4 is 5.97 Å². The van der Waals surface area contributed by atoms with E-state index in [0.29, 0.717) is 0 Å². The van der Waals surface area contributed by atoms with Crippen molar-refractivity contribution < 1.29 is 9.53 Å². The Kier molecular flexibility index (Phi) is 5.39. The summed E-state index contributed by atoms with van der Waals surface area (Å²) in [6, 6.07) is 4.30. The first-order chi connectivity index (χ1) is 8.51. The van der Waals surface area contributed by atoms with Gasteiger partial charge in [-0.1, -0.05) is 31.9 Å². The zero-order valence-electron chi connectivity index (χ0n) is 12.2. The summed E-state index contributed by atoms with van der Waals surface area (Å²) in [6.45, 7) is 8.41. The van der Waals surface area contributed by atoms with Crippen LogP contribution in [-0.4, -0.2) is 13.1 Å². The minimum absolute atomic E-state index is 0.116. The van der Waals surface area contributed by atoms with Crippen molar-refractivity contribution in [3.8, 4) is 0 Å². The molecular formula is C16H24O2. The number of ether oxygens (including phenoxy) is 1. The first-order valence-corrected chi connectivity index (χ1v) is 6.66. The molecule has 0 radical (unpaired) electrons. The fraction of sp³-hybridized carbons (Fsp3) is 0.562. The molecule has 0 aliphatic rings. The van der Waals surface area contributed by atoms with Crippen LogP contribution in [0, 0.1) is 20.8 Å². The summed E-state index contributed by atoms with van der Waals surface area (Å²) in [7, 11) is 1.47. The van der Waals surface area contributed by atoms with Gasteiger partial charge in [-0.05, 0) is 49.4 Å². The number of methoxy groups -OCH3 is 1. The zero-order chi connectivity index (χ0) is 13.7. The minimum atomic E-state index is -0.116. The fourth-order valence-corrected chi connectivity index (χ4v) is 2.31. The van der Waals surface area contributed by atoms with Crippen LogP contribution in [0.1, 0.15) is 54.4 Å². The molecule has 1 aromatic rings. The first-order valence-electron chi connectivity index (χ1n) is 6.66. The molecule has 0 amide bonds. The van der Waals surface area contributed by atoms with E-state index in [1.807, 2.05) is 0 Å². The van der Waals surface area contributed by atoms with Crippen LogP contribution >= 0.6 is 0 Å². The Labute approximate surface area is 110 Å². The molecule has 0 saturated carbocycles. The van der Waals surface area contributed by atoms with E-state index in [2.05, 4.69) is 39.8 Å². The molecule has 2 heteroatoms. The van der Waals surface area contributed by atoms with E-state index in [9.17, 15) is 4.79 Å². The molecule has 0 bridgehead atoms. The molecule has 0 saturated heterocycles. The number of hydrogen-bond donors (Lipinski definition) is 0. The summed E-state index contributed by atoms with van der Waals surface area (Å²) in [5.41, 5.74) is 4.82. The highest BCUT2D eigenvalue weighted by molar-refractivity contribution is 5.78. The maximum atomic E-state index is 11.9. The highest BCUT2D eigenvalue weighted by Gasteiger charge is 2.22. The van der Waals surface area contributed by atoms with Gasteiger partial charge in [-0.2, -0.15) is 0 Å². The number of rotatable bonds is 5. The molecule has 2 nitrogen and oxygen atoms in total. The van der Waals surface area contributed by atoms with Crippen molar-refractivity contribution in [3.63, 3.8) is 0 Å². The lowest BCUT2D eigenvalue weighted by Crippen LogP contribution is -2.16. The van der Waals surface area contributed by atoms with E-state index in [4.69, 9.17) is 4.74 Å². The average molecular weight is 248 g/mol. The molecule has 18 heavy (non-hydrogen) atoms. The zero-order valence-corrected chi connectivity index (χ0v) is 12.2. The summed E-state index contributed by atoms with van der Waals surface area (Å²) < 4.78 is 4.95. The van der Waals surface area contributed by atoms with Crippen molar-refractivity contribution in [1.82, 2.24) is 0 Å². The lowest BCUT2D eigenvalue weighted by Gasteiger charge is -2.18. The second-order valence-electron chi connectivity index (χ2n) is 5.01. The number of carbonyl (C=O) groups excluding carboxylic acids is 1. The lowest BCUT2D eigenvalue weighted by atomic mass is 9.88. The van der Waals surface area contributed by atoms with Crippen molar-refractivity contribution in [2.24, 2.45) is 0 Å². The van der Waals surface area contributed by atoms with Crippen LogP contribution in [0.4, 0.5) is 0 Å². The monoisotopic (exact) mass is 248 g/mol. The lowest BCUT2D eigenvalue weighted by molar-refractivity contribution is -0.142. The molecule has 1 aromatic carbocycles. The van der Waals surface area contributed by atoms with Gasteiger partial charge in [0.15, 0.2) is 0 Å². The van der Waals surface area contributed by atoms with E-state index in [1.165, 1.54) is 23.8 Å². The third-order valence-electron chi connectivity index (χ3n) is 3.59. The van der Waals surface area contributed by atoms with Gasteiger partial charge in [-0.15, -0.1) is 0 Å². The summed E-state index contributed by atoms with van der Waals surface area (Å²) in [5, 5.41) is 0. The predicted octanol–water partition coefficient (Wildman–Crippen LogP) is 4.06. The summed E-state index contributed by atoms with van der Waals surface area (Å²) >= 11 is 0. The number of unbranched alkanes of at least 4 members (excludes halogenated alkanes) is 1. The van der Waals surface area contributed by atoms with E-state index in [0.717, 1.165) is 24.8 Å². The van der Waals surface area contributed by atoms with Gasteiger partial charge < -0.3 is 4.74 Å². The summed E-state index contributed by atoms with van der Waals surface area (Å²) in [4.78, 5) is 11.9. The molecule has 1 atom stereocenters. The van der Waals surface area contributed by atoms with E-state index < -0.39 is 0 Å². The van der Waals surface area contributed by atoms with E-state index in [-0.39, 0.29) is 11.9 Å². The van der Waals surface area contributed by atoms with Crippen LogP contribution in [0.15, 0.2) is 12.1 Å². The van der Waals surface area contributed by atoms with Crippen molar-refractivity contribution in [2.45, 2.75) is 52.9 Å². The Morgan fingerprint density at radius 2 is 1.78 bits per heavy atom. The Morgan fingerprint density at radius 1 is 1.17 bits per heavy atom. The number of carbonyl (C=O) groups is 1. The number of benzene rings is 1. The molecule has 0 spiro atoms. The fourth-order valence-electron chi connectivity index (χ4n) is 2.31. The molecule has 0 aromatic heterocycles. The second-order valence-corrected chi connectivity index (χ2v) is 5.01. The molecule has 0 heterocycles. The van der Waals surface area contributed by atoms with Crippen LogP contribution in [-0.2, 0) is 9.53 Å². The highest BCUT2D eigenvalue weighted by atomic mass is 16.5. The van der Waals surface area contributed by atoms with Crippen LogP contribution in [0.25, 0.3) is 0 Å². The predicted molar refractivity (Wildman–Crippen MR) is 74.9 cm³/mol. The molecule has 1 unspecified atom stereocenters. The smallest absolute Gasteiger partial charge is 0.313 e. The van der Waals surface area contributed by atoms with Crippen LogP contribution in [0.2, 0.25) is 0 Å². The number of esters is 1. The number of aryl methyl sites for hydroxylation is 3. The Balaban J connectivity index is 3.11. The molecule has 0 N–H and O–H groups in total. The highest BCUT2D eigenvalue weighted by Crippen LogP contribution is 2.28. The third-order valence-corrected chi connectivity index (χ3v) is 3.59. The van der Waals surface area contributed by atoms with Gasteiger partial charge in [-0.3, -0.25) is 4.79 Å². The standard InChI is InChI=1S/C16H24O2/c1-6-7-8-14(16(17)18-5)15-10-12(3)11(2)9-13(15)4/h9-10,14H,6-8H2,1-5H3. The van der Waals surface area contributed by atoms with Crippen molar-refractivity contribution in [1.29, 1.82) is 0 Å².